The molecule has 1 aromatic heterocycles. The molecule has 1 aromatic carbocycles. The van der Waals surface area contributed by atoms with Crippen molar-refractivity contribution < 1.29 is 4.79 Å². The Hall–Kier alpha value is -2.24. The van der Waals surface area contributed by atoms with Crippen LogP contribution >= 0.6 is 0 Å². The van der Waals surface area contributed by atoms with Crippen LogP contribution in [0.3, 0.4) is 0 Å². The number of hydrogen-bond donors (Lipinski definition) is 1. The van der Waals surface area contributed by atoms with Crippen LogP contribution in [-0.2, 0) is 6.54 Å². The molecule has 2 heterocycles. The second-order valence-corrected chi connectivity index (χ2v) is 6.07. The van der Waals surface area contributed by atoms with Gasteiger partial charge >= 0.3 is 0 Å². The van der Waals surface area contributed by atoms with Crippen molar-refractivity contribution in [3.8, 4) is 0 Å². The first-order valence-corrected chi connectivity index (χ1v) is 8.49. The molecule has 24 heavy (non-hydrogen) atoms. The largest absolute Gasteiger partial charge is 0.349 e. The number of rotatable bonds is 6. The summed E-state index contributed by atoms with van der Waals surface area (Å²) in [7, 11) is 0. The van der Waals surface area contributed by atoms with Gasteiger partial charge in [0.05, 0.1) is 0 Å². The third-order valence-corrected chi connectivity index (χ3v) is 4.33. The first-order valence-electron chi connectivity index (χ1n) is 8.49. The smallest absolute Gasteiger partial charge is 0.269 e. The first kappa shape index (κ1) is 16.6. The summed E-state index contributed by atoms with van der Waals surface area (Å²) < 4.78 is 0. The zero-order chi connectivity index (χ0) is 16.6. The van der Waals surface area contributed by atoms with Crippen LogP contribution in [0.5, 0.6) is 0 Å². The monoisotopic (exact) mass is 324 g/mol. The van der Waals surface area contributed by atoms with E-state index in [2.05, 4.69) is 50.4 Å². The summed E-state index contributed by atoms with van der Waals surface area (Å²) in [6.07, 6.45) is 1.64. The summed E-state index contributed by atoms with van der Waals surface area (Å²) in [5.41, 5.74) is 1.85. The van der Waals surface area contributed by atoms with E-state index in [-0.39, 0.29) is 5.91 Å². The molecule has 0 aliphatic carbocycles. The Morgan fingerprint density at radius 2 is 1.67 bits per heavy atom. The van der Waals surface area contributed by atoms with Crippen molar-refractivity contribution in [3.05, 3.63) is 66.0 Å². The van der Waals surface area contributed by atoms with E-state index in [0.717, 1.165) is 39.3 Å². The lowest BCUT2D eigenvalue weighted by atomic mass is 10.2. The van der Waals surface area contributed by atoms with E-state index in [0.29, 0.717) is 12.2 Å². The Morgan fingerprint density at radius 1 is 0.958 bits per heavy atom. The van der Waals surface area contributed by atoms with Crippen molar-refractivity contribution in [2.24, 2.45) is 0 Å². The summed E-state index contributed by atoms with van der Waals surface area (Å²) in [5, 5.41) is 2.94. The average Bonchev–Trinajstić information content (AvgIpc) is 2.65. The lowest BCUT2D eigenvalue weighted by Crippen LogP contribution is -2.48. The number of carbonyl (C=O) groups excluding carboxylic acids is 1. The van der Waals surface area contributed by atoms with E-state index in [4.69, 9.17) is 0 Å². The molecule has 2 aromatic rings. The fourth-order valence-electron chi connectivity index (χ4n) is 2.93. The van der Waals surface area contributed by atoms with Crippen LogP contribution in [0.15, 0.2) is 54.7 Å². The summed E-state index contributed by atoms with van der Waals surface area (Å²) in [5.74, 6) is -0.0988. The average molecular weight is 324 g/mol. The zero-order valence-electron chi connectivity index (χ0n) is 13.9. The molecule has 1 amide bonds. The second kappa shape index (κ2) is 8.57. The van der Waals surface area contributed by atoms with Crippen LogP contribution < -0.4 is 5.32 Å². The van der Waals surface area contributed by atoms with Crippen LogP contribution in [0.4, 0.5) is 0 Å². The normalized spacial score (nSPS) is 16.0. The highest BCUT2D eigenvalue weighted by Crippen LogP contribution is 2.08. The van der Waals surface area contributed by atoms with Gasteiger partial charge < -0.3 is 5.32 Å². The molecular formula is C19H24N4O. The molecule has 5 nitrogen and oxygen atoms in total. The van der Waals surface area contributed by atoms with Gasteiger partial charge in [0.2, 0.25) is 0 Å². The molecule has 1 N–H and O–H groups in total. The van der Waals surface area contributed by atoms with Gasteiger partial charge in [0, 0.05) is 52.0 Å². The summed E-state index contributed by atoms with van der Waals surface area (Å²) in [6, 6.07) is 16.0. The second-order valence-electron chi connectivity index (χ2n) is 6.07. The fraction of sp³-hybridized carbons (Fsp3) is 0.368. The molecule has 1 aliphatic rings. The van der Waals surface area contributed by atoms with Crippen molar-refractivity contribution in [2.45, 2.75) is 6.54 Å². The Balaban J connectivity index is 1.35. The third kappa shape index (κ3) is 4.88. The molecule has 0 atom stereocenters. The molecule has 5 heteroatoms. The molecule has 0 spiro atoms. The number of pyridine rings is 1. The number of hydrogen-bond acceptors (Lipinski definition) is 4. The maximum absolute atomic E-state index is 11.9. The SMILES string of the molecule is O=C(NCCN1CCN(Cc2ccccc2)CC1)c1ccccn1. The summed E-state index contributed by atoms with van der Waals surface area (Å²) in [4.78, 5) is 20.9. The van der Waals surface area contributed by atoms with Crippen molar-refractivity contribution in [1.29, 1.82) is 0 Å². The van der Waals surface area contributed by atoms with E-state index in [1.54, 1.807) is 12.3 Å². The van der Waals surface area contributed by atoms with Gasteiger partial charge in [-0.3, -0.25) is 19.6 Å². The first-order chi connectivity index (χ1) is 11.8. The molecule has 0 unspecified atom stereocenters. The van der Waals surface area contributed by atoms with E-state index < -0.39 is 0 Å². The predicted molar refractivity (Wildman–Crippen MR) is 94.7 cm³/mol. The van der Waals surface area contributed by atoms with Crippen LogP contribution in [0.25, 0.3) is 0 Å². The Labute approximate surface area is 143 Å². The quantitative estimate of drug-likeness (QED) is 0.877. The van der Waals surface area contributed by atoms with E-state index in [9.17, 15) is 4.79 Å². The maximum Gasteiger partial charge on any atom is 0.269 e. The number of piperazine rings is 1. The van der Waals surface area contributed by atoms with Crippen LogP contribution in [-0.4, -0.2) is 60.0 Å². The molecule has 1 fully saturated rings. The molecule has 3 rings (SSSR count). The van der Waals surface area contributed by atoms with Gasteiger partial charge in [0.25, 0.3) is 5.91 Å². The van der Waals surface area contributed by atoms with E-state index >= 15 is 0 Å². The number of benzene rings is 1. The number of carbonyl (C=O) groups is 1. The van der Waals surface area contributed by atoms with E-state index in [1.807, 2.05) is 12.1 Å². The molecular weight excluding hydrogens is 300 g/mol. The minimum atomic E-state index is -0.0988. The van der Waals surface area contributed by atoms with Crippen LogP contribution in [0.2, 0.25) is 0 Å². The summed E-state index contributed by atoms with van der Waals surface area (Å²) in [6.45, 7) is 6.81. The number of aromatic nitrogens is 1. The van der Waals surface area contributed by atoms with Gasteiger partial charge in [0.15, 0.2) is 0 Å². The fourth-order valence-corrected chi connectivity index (χ4v) is 2.93. The molecule has 1 aliphatic heterocycles. The van der Waals surface area contributed by atoms with Gasteiger partial charge in [-0.05, 0) is 17.7 Å². The minimum Gasteiger partial charge on any atom is -0.349 e. The van der Waals surface area contributed by atoms with Crippen molar-refractivity contribution in [3.63, 3.8) is 0 Å². The topological polar surface area (TPSA) is 48.5 Å². The van der Waals surface area contributed by atoms with Crippen molar-refractivity contribution >= 4 is 5.91 Å². The zero-order valence-corrected chi connectivity index (χ0v) is 13.9. The highest BCUT2D eigenvalue weighted by molar-refractivity contribution is 5.92. The predicted octanol–water partition coefficient (Wildman–Crippen LogP) is 1.63. The number of nitrogens with zero attached hydrogens (tertiary/aromatic N) is 3. The van der Waals surface area contributed by atoms with Gasteiger partial charge in [-0.1, -0.05) is 36.4 Å². The van der Waals surface area contributed by atoms with Gasteiger partial charge in [-0.25, -0.2) is 0 Å². The lowest BCUT2D eigenvalue weighted by molar-refractivity contribution is 0.0929. The van der Waals surface area contributed by atoms with Crippen LogP contribution in [0, 0.1) is 0 Å². The van der Waals surface area contributed by atoms with Gasteiger partial charge in [-0.2, -0.15) is 0 Å². The molecule has 0 radical (unpaired) electrons. The maximum atomic E-state index is 11.9. The van der Waals surface area contributed by atoms with Gasteiger partial charge in [0.1, 0.15) is 5.69 Å². The number of amides is 1. The Kier molecular flexibility index (Phi) is 5.93. The molecule has 1 saturated heterocycles. The highest BCUT2D eigenvalue weighted by atomic mass is 16.1. The Morgan fingerprint density at radius 3 is 2.38 bits per heavy atom. The summed E-state index contributed by atoms with van der Waals surface area (Å²) >= 11 is 0. The van der Waals surface area contributed by atoms with Crippen molar-refractivity contribution in [2.75, 3.05) is 39.3 Å². The van der Waals surface area contributed by atoms with Crippen LogP contribution in [0.1, 0.15) is 16.1 Å². The highest BCUT2D eigenvalue weighted by Gasteiger charge is 2.16. The van der Waals surface area contributed by atoms with Crippen molar-refractivity contribution in [1.82, 2.24) is 20.1 Å². The molecule has 0 saturated carbocycles. The minimum absolute atomic E-state index is 0.0988. The standard InChI is InChI=1S/C19H24N4O/c24-19(18-8-4-5-9-20-18)21-10-11-22-12-14-23(15-13-22)16-17-6-2-1-3-7-17/h1-9H,10-16H2,(H,21,24). The molecule has 0 bridgehead atoms. The van der Waals surface area contributed by atoms with Gasteiger partial charge in [-0.15, -0.1) is 0 Å². The van der Waals surface area contributed by atoms with E-state index in [1.165, 1.54) is 5.56 Å². The molecule has 126 valence electrons. The lowest BCUT2D eigenvalue weighted by Gasteiger charge is -2.34. The number of nitrogens with one attached hydrogen (secondary N) is 1. The Bertz CT molecular complexity index is 624. The third-order valence-electron chi connectivity index (χ3n) is 4.33.